The molecule has 1 N–H and O–H groups in total. The second-order valence-electron chi connectivity index (χ2n) is 8.15. The zero-order chi connectivity index (χ0) is 24.0. The van der Waals surface area contributed by atoms with Crippen molar-refractivity contribution < 1.29 is 32.3 Å². The van der Waals surface area contributed by atoms with Gasteiger partial charge in [0.15, 0.2) is 5.92 Å². The molecule has 33 heavy (non-hydrogen) atoms. The van der Waals surface area contributed by atoms with E-state index in [4.69, 9.17) is 9.47 Å². The fourth-order valence-electron chi connectivity index (χ4n) is 4.74. The molecule has 1 amide bonds. The van der Waals surface area contributed by atoms with E-state index in [9.17, 15) is 22.8 Å². The number of sulfonamides is 1. The van der Waals surface area contributed by atoms with Crippen LogP contribution in [0, 0.1) is 12.8 Å². The first-order chi connectivity index (χ1) is 15.7. The Morgan fingerprint density at radius 2 is 1.70 bits per heavy atom. The first-order valence-electron chi connectivity index (χ1n) is 10.3. The molecule has 4 rings (SSSR count). The molecule has 2 aliphatic heterocycles. The van der Waals surface area contributed by atoms with Crippen LogP contribution in [0.4, 0.5) is 5.69 Å². The van der Waals surface area contributed by atoms with Crippen molar-refractivity contribution in [3.63, 3.8) is 0 Å². The summed E-state index contributed by atoms with van der Waals surface area (Å²) < 4.78 is 37.9. The summed E-state index contributed by atoms with van der Waals surface area (Å²) in [5.74, 6) is -4.00. The molecule has 174 valence electrons. The second kappa shape index (κ2) is 8.27. The van der Waals surface area contributed by atoms with E-state index in [2.05, 4.69) is 5.32 Å². The molecule has 2 heterocycles. The number of amides is 1. The first-order valence-corrected chi connectivity index (χ1v) is 11.8. The van der Waals surface area contributed by atoms with Crippen molar-refractivity contribution in [3.05, 3.63) is 59.2 Å². The molecule has 0 fully saturated rings. The number of aryl methyl sites for hydroxylation is 1. The summed E-state index contributed by atoms with van der Waals surface area (Å²) in [4.78, 5) is 39.0. The Hall–Kier alpha value is -3.24. The highest BCUT2D eigenvalue weighted by molar-refractivity contribution is 7.89. The number of anilines is 1. The summed E-state index contributed by atoms with van der Waals surface area (Å²) in [6.07, 6.45) is -0.108. The molecule has 0 bridgehead atoms. The Kier molecular flexibility index (Phi) is 5.75. The number of esters is 2. The fourth-order valence-corrected chi connectivity index (χ4v) is 6.16. The lowest BCUT2D eigenvalue weighted by atomic mass is 9.67. The third-order valence-electron chi connectivity index (χ3n) is 6.38. The topological polar surface area (TPSA) is 119 Å². The number of benzene rings is 2. The summed E-state index contributed by atoms with van der Waals surface area (Å²) in [7, 11) is -1.66. The van der Waals surface area contributed by atoms with Gasteiger partial charge < -0.3 is 14.8 Å². The van der Waals surface area contributed by atoms with Crippen molar-refractivity contribution >= 4 is 33.6 Å². The molecule has 0 spiro atoms. The molecule has 0 saturated heterocycles. The summed E-state index contributed by atoms with van der Waals surface area (Å²) >= 11 is 0. The molecule has 2 aromatic rings. The number of methoxy groups -OCH3 is 2. The Morgan fingerprint density at radius 1 is 1.06 bits per heavy atom. The van der Waals surface area contributed by atoms with Crippen LogP contribution in [0.5, 0.6) is 0 Å². The quantitative estimate of drug-likeness (QED) is 0.520. The number of carbonyl (C=O) groups excluding carboxylic acids is 3. The van der Waals surface area contributed by atoms with Crippen molar-refractivity contribution in [2.24, 2.45) is 5.92 Å². The van der Waals surface area contributed by atoms with E-state index in [1.807, 2.05) is 6.92 Å². The average molecular weight is 473 g/mol. The predicted octanol–water partition coefficient (Wildman–Crippen LogP) is 1.74. The third kappa shape index (κ3) is 3.50. The van der Waals surface area contributed by atoms with E-state index in [0.717, 1.165) is 19.8 Å². The molecule has 2 aromatic carbocycles. The van der Waals surface area contributed by atoms with Crippen LogP contribution in [0.3, 0.4) is 0 Å². The van der Waals surface area contributed by atoms with Gasteiger partial charge in [-0.1, -0.05) is 29.8 Å². The molecule has 1 unspecified atom stereocenters. The molecule has 10 heteroatoms. The van der Waals surface area contributed by atoms with Gasteiger partial charge >= 0.3 is 11.9 Å². The largest absolute Gasteiger partial charge is 0.468 e. The van der Waals surface area contributed by atoms with Gasteiger partial charge in [0.05, 0.1) is 19.1 Å². The average Bonchev–Trinajstić information content (AvgIpc) is 2.96. The molecule has 9 nitrogen and oxygen atoms in total. The van der Waals surface area contributed by atoms with Crippen molar-refractivity contribution in [2.45, 2.75) is 30.2 Å². The van der Waals surface area contributed by atoms with Crippen LogP contribution < -0.4 is 5.32 Å². The van der Waals surface area contributed by atoms with E-state index in [0.29, 0.717) is 16.8 Å². The maximum absolute atomic E-state index is 13.4. The minimum absolute atomic E-state index is 0.0227. The maximum atomic E-state index is 13.4. The molecular weight excluding hydrogens is 448 g/mol. The lowest BCUT2D eigenvalue weighted by Crippen LogP contribution is -2.51. The van der Waals surface area contributed by atoms with Crippen molar-refractivity contribution in [1.29, 1.82) is 0 Å². The smallest absolute Gasteiger partial charge is 0.321 e. The number of ether oxygens (including phenoxy) is 2. The van der Waals surface area contributed by atoms with E-state index < -0.39 is 39.2 Å². The Balaban J connectivity index is 1.88. The van der Waals surface area contributed by atoms with Gasteiger partial charge in [0.25, 0.3) is 0 Å². The highest BCUT2D eigenvalue weighted by atomic mass is 32.2. The van der Waals surface area contributed by atoms with E-state index in [1.165, 1.54) is 16.4 Å². The molecule has 0 aliphatic carbocycles. The minimum atomic E-state index is -3.91. The SMILES string of the molecule is COC(=O)C(C(=O)OC)C12CCN(S(=O)(=O)c3ccc(C)cc3)Cc3cccc(c31)NC2=O. The number of hydrogen-bond acceptors (Lipinski definition) is 7. The summed E-state index contributed by atoms with van der Waals surface area (Å²) in [6.45, 7) is 1.74. The number of nitrogens with one attached hydrogen (secondary N) is 1. The Morgan fingerprint density at radius 3 is 2.30 bits per heavy atom. The van der Waals surface area contributed by atoms with Crippen molar-refractivity contribution in [2.75, 3.05) is 26.1 Å². The molecule has 0 radical (unpaired) electrons. The van der Waals surface area contributed by atoms with Crippen LogP contribution in [0.1, 0.15) is 23.1 Å². The number of hydrogen-bond donors (Lipinski definition) is 1. The fraction of sp³-hybridized carbons (Fsp3) is 0.348. The van der Waals surface area contributed by atoms with Crippen LogP contribution >= 0.6 is 0 Å². The Labute approximate surface area is 191 Å². The number of carbonyl (C=O) groups is 3. The van der Waals surface area contributed by atoms with Gasteiger partial charge in [0.1, 0.15) is 5.41 Å². The summed E-state index contributed by atoms with van der Waals surface area (Å²) in [5, 5.41) is 2.76. The van der Waals surface area contributed by atoms with Gasteiger partial charge in [-0.2, -0.15) is 4.31 Å². The van der Waals surface area contributed by atoms with E-state index >= 15 is 0 Å². The van der Waals surface area contributed by atoms with Crippen LogP contribution in [0.2, 0.25) is 0 Å². The zero-order valence-electron chi connectivity index (χ0n) is 18.5. The molecule has 0 saturated carbocycles. The minimum Gasteiger partial charge on any atom is -0.468 e. The molecular formula is C23H24N2O7S. The maximum Gasteiger partial charge on any atom is 0.321 e. The van der Waals surface area contributed by atoms with E-state index in [-0.39, 0.29) is 24.4 Å². The Bertz CT molecular complexity index is 1220. The zero-order valence-corrected chi connectivity index (χ0v) is 19.3. The van der Waals surface area contributed by atoms with Crippen LogP contribution in [0.15, 0.2) is 47.4 Å². The second-order valence-corrected chi connectivity index (χ2v) is 10.1. The monoisotopic (exact) mass is 472 g/mol. The van der Waals surface area contributed by atoms with Crippen molar-refractivity contribution in [3.8, 4) is 0 Å². The number of rotatable bonds is 5. The van der Waals surface area contributed by atoms with Gasteiger partial charge in [-0.15, -0.1) is 0 Å². The van der Waals surface area contributed by atoms with Gasteiger partial charge in [0.2, 0.25) is 15.9 Å². The van der Waals surface area contributed by atoms with Gasteiger partial charge in [-0.3, -0.25) is 14.4 Å². The molecule has 0 aromatic heterocycles. The number of nitrogens with zero attached hydrogens (tertiary/aromatic N) is 1. The van der Waals surface area contributed by atoms with E-state index in [1.54, 1.807) is 30.3 Å². The lowest BCUT2D eigenvalue weighted by molar-refractivity contribution is -0.164. The van der Waals surface area contributed by atoms with Gasteiger partial charge in [0, 0.05) is 18.8 Å². The van der Waals surface area contributed by atoms with Crippen LogP contribution in [-0.2, 0) is 45.8 Å². The summed E-state index contributed by atoms with van der Waals surface area (Å²) in [5.41, 5.74) is 0.645. The van der Waals surface area contributed by atoms with Crippen LogP contribution in [-0.4, -0.2) is 51.3 Å². The normalized spacial score (nSPS) is 20.1. The predicted molar refractivity (Wildman–Crippen MR) is 118 cm³/mol. The highest BCUT2D eigenvalue weighted by Crippen LogP contribution is 2.50. The molecule has 2 aliphatic rings. The highest BCUT2D eigenvalue weighted by Gasteiger charge is 2.61. The third-order valence-corrected chi connectivity index (χ3v) is 8.24. The van der Waals surface area contributed by atoms with Crippen molar-refractivity contribution in [1.82, 2.24) is 4.31 Å². The summed E-state index contributed by atoms with van der Waals surface area (Å²) in [6, 6.07) is 11.5. The van der Waals surface area contributed by atoms with Gasteiger partial charge in [-0.25, -0.2) is 8.42 Å². The molecule has 1 atom stereocenters. The standard InChI is InChI=1S/C23H24N2O7S/c1-14-7-9-16(10-8-14)33(29,30)25-12-11-23(19(20(26)31-2)21(27)32-3)18-15(13-25)5-4-6-17(18)24-22(23)28/h4-10,19H,11-13H2,1-3H3,(H,24,28). The lowest BCUT2D eigenvalue weighted by Gasteiger charge is -2.32. The first kappa shape index (κ1) is 22.9. The van der Waals surface area contributed by atoms with Crippen LogP contribution in [0.25, 0.3) is 0 Å². The van der Waals surface area contributed by atoms with Gasteiger partial charge in [-0.05, 0) is 42.7 Å².